The van der Waals surface area contributed by atoms with Gasteiger partial charge >= 0.3 is 0 Å². The Morgan fingerprint density at radius 2 is 2.17 bits per heavy atom. The predicted molar refractivity (Wildman–Crippen MR) is 58.8 cm³/mol. The molecule has 1 atom stereocenters. The first-order valence-corrected chi connectivity index (χ1v) is 6.41. The van der Waals surface area contributed by atoms with Gasteiger partial charge in [0.15, 0.2) is 0 Å². The minimum Gasteiger partial charge on any atom is -0.327 e. The van der Waals surface area contributed by atoms with Crippen LogP contribution in [0.3, 0.4) is 0 Å². The molecule has 0 fully saturated rings. The Hall–Kier alpha value is -0.123. The van der Waals surface area contributed by atoms with Crippen molar-refractivity contribution >= 4 is 9.68 Å². The van der Waals surface area contributed by atoms with Crippen molar-refractivity contribution in [3.05, 3.63) is 11.8 Å². The van der Waals surface area contributed by atoms with Gasteiger partial charge in [0.1, 0.15) is 9.68 Å². The maximum atomic E-state index is 3.41. The van der Waals surface area contributed by atoms with Gasteiger partial charge in [-0.25, -0.2) is 0 Å². The zero-order valence-corrected chi connectivity index (χ0v) is 9.97. The Bertz CT molecular complexity index is 115. The van der Waals surface area contributed by atoms with Gasteiger partial charge in [0.2, 0.25) is 0 Å². The third kappa shape index (κ3) is 7.98. The molecule has 0 rings (SSSR count). The molecule has 0 amide bonds. The fourth-order valence-electron chi connectivity index (χ4n) is 0.805. The molecule has 0 aromatic heterocycles. The molecule has 1 unspecified atom stereocenters. The van der Waals surface area contributed by atoms with Crippen molar-refractivity contribution in [2.24, 2.45) is 5.92 Å². The van der Waals surface area contributed by atoms with Crippen LogP contribution >= 0.6 is 0 Å². The second kappa shape index (κ2) is 8.97. The van der Waals surface area contributed by atoms with Crippen molar-refractivity contribution in [2.75, 3.05) is 13.2 Å². The molecule has 0 heterocycles. The Morgan fingerprint density at radius 1 is 1.42 bits per heavy atom. The summed E-state index contributed by atoms with van der Waals surface area (Å²) in [7, 11) is -0.154. The summed E-state index contributed by atoms with van der Waals surface area (Å²) in [5.41, 5.74) is 2.34. The fraction of sp³-hybridized carbons (Fsp3) is 0.778. The van der Waals surface area contributed by atoms with Crippen LogP contribution in [0.5, 0.6) is 0 Å². The third-order valence-corrected chi connectivity index (χ3v) is 2.92. The molecule has 0 saturated heterocycles. The smallest absolute Gasteiger partial charge is 0.117 e. The molecular weight excluding hydrogens is 164 g/mol. The monoisotopic (exact) mass is 186 g/mol. The van der Waals surface area contributed by atoms with E-state index in [-0.39, 0.29) is 9.68 Å². The van der Waals surface area contributed by atoms with Crippen molar-refractivity contribution in [1.82, 2.24) is 10.3 Å². The molecule has 0 aliphatic rings. The molecule has 0 saturated carbocycles. The van der Waals surface area contributed by atoms with Gasteiger partial charge in [-0.3, -0.25) is 0 Å². The summed E-state index contributed by atoms with van der Waals surface area (Å²) in [6.07, 6.45) is 3.57. The van der Waals surface area contributed by atoms with Gasteiger partial charge in [-0.1, -0.05) is 39.0 Å². The Kier molecular flexibility index (Phi) is 8.88. The number of hydrogen-bond acceptors (Lipinski definition) is 2. The van der Waals surface area contributed by atoms with E-state index in [0.717, 1.165) is 19.1 Å². The molecule has 0 radical (unpaired) electrons. The number of allylic oxidation sites excluding steroid dienone is 1. The van der Waals surface area contributed by atoms with E-state index >= 15 is 0 Å². The van der Waals surface area contributed by atoms with Gasteiger partial charge in [0, 0.05) is 6.67 Å². The highest BCUT2D eigenvalue weighted by Gasteiger charge is 1.89. The van der Waals surface area contributed by atoms with Gasteiger partial charge < -0.3 is 10.3 Å². The quantitative estimate of drug-likeness (QED) is 0.349. The maximum Gasteiger partial charge on any atom is 0.117 e. The fourth-order valence-corrected chi connectivity index (χ4v) is 1.89. The van der Waals surface area contributed by atoms with Gasteiger partial charge in [-0.2, -0.15) is 0 Å². The standard InChI is InChI=1S/C9H22N2Si/c1-4-9(3)6-7-12-11-8-10-5-2/h6-7,9-11H,4-5,8,12H2,1-3H3. The van der Waals surface area contributed by atoms with Gasteiger partial charge in [0.25, 0.3) is 0 Å². The second-order valence-electron chi connectivity index (χ2n) is 3.05. The molecule has 0 spiro atoms. The van der Waals surface area contributed by atoms with Crippen molar-refractivity contribution in [2.45, 2.75) is 27.2 Å². The molecule has 2 N–H and O–H groups in total. The summed E-state index contributed by atoms with van der Waals surface area (Å²) in [5, 5.41) is 3.24. The van der Waals surface area contributed by atoms with Crippen LogP contribution in [-0.4, -0.2) is 22.9 Å². The zero-order valence-electron chi connectivity index (χ0n) is 8.56. The van der Waals surface area contributed by atoms with E-state index in [9.17, 15) is 0 Å². The lowest BCUT2D eigenvalue weighted by Crippen LogP contribution is -2.30. The summed E-state index contributed by atoms with van der Waals surface area (Å²) in [6, 6.07) is 0. The second-order valence-corrected chi connectivity index (χ2v) is 4.43. The van der Waals surface area contributed by atoms with Crippen LogP contribution in [0.2, 0.25) is 0 Å². The Labute approximate surface area is 78.7 Å². The average Bonchev–Trinajstić information content (AvgIpc) is 2.10. The summed E-state index contributed by atoms with van der Waals surface area (Å²) < 4.78 is 0. The summed E-state index contributed by atoms with van der Waals surface area (Å²) in [6.45, 7) is 8.63. The molecule has 3 heteroatoms. The van der Waals surface area contributed by atoms with E-state index < -0.39 is 0 Å². The zero-order chi connectivity index (χ0) is 9.23. The van der Waals surface area contributed by atoms with Gasteiger partial charge in [-0.05, 0) is 12.5 Å². The molecule has 0 aliphatic carbocycles. The first kappa shape index (κ1) is 11.9. The molecule has 12 heavy (non-hydrogen) atoms. The largest absolute Gasteiger partial charge is 0.327 e. The Morgan fingerprint density at radius 3 is 2.75 bits per heavy atom. The van der Waals surface area contributed by atoms with E-state index in [0.29, 0.717) is 0 Å². The van der Waals surface area contributed by atoms with E-state index in [1.54, 1.807) is 0 Å². The van der Waals surface area contributed by atoms with Crippen LogP contribution in [0.4, 0.5) is 0 Å². The van der Waals surface area contributed by atoms with Crippen LogP contribution in [0.25, 0.3) is 0 Å². The molecule has 0 aliphatic heterocycles. The van der Waals surface area contributed by atoms with Crippen molar-refractivity contribution < 1.29 is 0 Å². The van der Waals surface area contributed by atoms with Crippen LogP contribution in [0, 0.1) is 5.92 Å². The highest BCUT2D eigenvalue weighted by atomic mass is 28.2. The molecule has 72 valence electrons. The minimum absolute atomic E-state index is 0.154. The minimum atomic E-state index is -0.154. The number of hydrogen-bond donors (Lipinski definition) is 2. The summed E-state index contributed by atoms with van der Waals surface area (Å²) in [5.74, 6) is 0.749. The van der Waals surface area contributed by atoms with Crippen molar-refractivity contribution in [3.8, 4) is 0 Å². The lowest BCUT2D eigenvalue weighted by Gasteiger charge is -2.02. The van der Waals surface area contributed by atoms with Crippen LogP contribution in [0.15, 0.2) is 11.8 Å². The first-order valence-electron chi connectivity index (χ1n) is 4.89. The van der Waals surface area contributed by atoms with E-state index in [1.807, 2.05) is 0 Å². The average molecular weight is 186 g/mol. The highest BCUT2D eigenvalue weighted by molar-refractivity contribution is 6.38. The lowest BCUT2D eigenvalue weighted by molar-refractivity contribution is 0.696. The van der Waals surface area contributed by atoms with Crippen molar-refractivity contribution in [1.29, 1.82) is 0 Å². The number of rotatable bonds is 7. The van der Waals surface area contributed by atoms with Gasteiger partial charge in [0.05, 0.1) is 0 Å². The summed E-state index contributed by atoms with van der Waals surface area (Å²) >= 11 is 0. The lowest BCUT2D eigenvalue weighted by atomic mass is 10.1. The summed E-state index contributed by atoms with van der Waals surface area (Å²) in [4.78, 5) is 3.41. The molecule has 0 aromatic rings. The van der Waals surface area contributed by atoms with E-state index in [2.05, 4.69) is 42.8 Å². The highest BCUT2D eigenvalue weighted by Crippen LogP contribution is 2.00. The molecular formula is C9H22N2Si. The topological polar surface area (TPSA) is 24.1 Å². The molecule has 0 bridgehead atoms. The SMILES string of the molecule is CCNCN[SiH2]C=CC(C)CC. The third-order valence-electron chi connectivity index (χ3n) is 1.87. The maximum absolute atomic E-state index is 3.41. The number of nitrogens with one attached hydrogen (secondary N) is 2. The predicted octanol–water partition coefficient (Wildman–Crippen LogP) is 0.787. The first-order chi connectivity index (χ1) is 5.81. The van der Waals surface area contributed by atoms with E-state index in [4.69, 9.17) is 0 Å². The van der Waals surface area contributed by atoms with Crippen LogP contribution < -0.4 is 10.3 Å². The van der Waals surface area contributed by atoms with Crippen LogP contribution in [0.1, 0.15) is 27.2 Å². The molecule has 2 nitrogen and oxygen atoms in total. The van der Waals surface area contributed by atoms with Gasteiger partial charge in [-0.15, -0.1) is 0 Å². The Balaban J connectivity index is 3.12. The normalized spacial score (nSPS) is 14.9. The van der Waals surface area contributed by atoms with Crippen LogP contribution in [-0.2, 0) is 0 Å². The van der Waals surface area contributed by atoms with Crippen molar-refractivity contribution in [3.63, 3.8) is 0 Å². The van der Waals surface area contributed by atoms with E-state index in [1.165, 1.54) is 6.42 Å². The molecule has 0 aromatic carbocycles.